The molecule has 2 aromatic rings. The summed E-state index contributed by atoms with van der Waals surface area (Å²) >= 11 is 0. The van der Waals surface area contributed by atoms with Crippen LogP contribution >= 0.6 is 0 Å². The zero-order valence-electron chi connectivity index (χ0n) is 17.3. The highest BCUT2D eigenvalue weighted by Gasteiger charge is 2.22. The molecular weight excluding hydrogens is 404 g/mol. The monoisotopic (exact) mass is 432 g/mol. The smallest absolute Gasteiger partial charge is 0.269 e. The molecule has 0 aliphatic carbocycles. The van der Waals surface area contributed by atoms with Crippen LogP contribution < -0.4 is 9.62 Å². The van der Waals surface area contributed by atoms with Crippen molar-refractivity contribution >= 4 is 27.1 Å². The van der Waals surface area contributed by atoms with Gasteiger partial charge in [0.05, 0.1) is 11.2 Å². The summed E-state index contributed by atoms with van der Waals surface area (Å²) in [5.41, 5.74) is 2.90. The van der Waals surface area contributed by atoms with E-state index in [1.807, 2.05) is 24.3 Å². The summed E-state index contributed by atoms with van der Waals surface area (Å²) in [6, 6.07) is 14.8. The van der Waals surface area contributed by atoms with Crippen molar-refractivity contribution in [1.82, 2.24) is 4.90 Å². The van der Waals surface area contributed by atoms with Crippen LogP contribution in [-0.2, 0) is 16.4 Å². The molecule has 0 amide bonds. The lowest BCUT2D eigenvalue weighted by atomic mass is 10.0. The van der Waals surface area contributed by atoms with E-state index in [0.717, 1.165) is 56.4 Å². The van der Waals surface area contributed by atoms with Crippen LogP contribution in [0.25, 0.3) is 0 Å². The molecule has 2 aromatic carbocycles. The number of likely N-dealkylation sites (N-methyl/N-ethyl adjacent to an activating group) is 1. The highest BCUT2D eigenvalue weighted by molar-refractivity contribution is 7.92. The second kappa shape index (κ2) is 9.44. The molecule has 8 nitrogen and oxygen atoms in total. The number of sulfonamides is 1. The number of non-ortho nitro benzene ring substituents is 1. The molecule has 30 heavy (non-hydrogen) atoms. The molecule has 0 aromatic heterocycles. The van der Waals surface area contributed by atoms with Crippen LogP contribution in [0.1, 0.15) is 18.4 Å². The quantitative estimate of drug-likeness (QED) is 0.509. The molecule has 0 unspecified atom stereocenters. The number of nitrogens with one attached hydrogen (secondary N) is 1. The van der Waals surface area contributed by atoms with Gasteiger partial charge in [-0.3, -0.25) is 14.8 Å². The van der Waals surface area contributed by atoms with Crippen LogP contribution in [0.5, 0.6) is 0 Å². The van der Waals surface area contributed by atoms with Crippen LogP contribution in [0.2, 0.25) is 0 Å². The molecule has 0 saturated carbocycles. The Morgan fingerprint density at radius 1 is 1.10 bits per heavy atom. The van der Waals surface area contributed by atoms with Gasteiger partial charge in [0.15, 0.2) is 0 Å². The minimum absolute atomic E-state index is 0.125. The minimum atomic E-state index is -3.26. The van der Waals surface area contributed by atoms with Crippen molar-refractivity contribution in [2.75, 3.05) is 42.6 Å². The number of benzene rings is 2. The van der Waals surface area contributed by atoms with Crippen LogP contribution in [0.3, 0.4) is 0 Å². The van der Waals surface area contributed by atoms with Crippen molar-refractivity contribution in [1.29, 1.82) is 0 Å². The van der Waals surface area contributed by atoms with E-state index in [4.69, 9.17) is 0 Å². The summed E-state index contributed by atoms with van der Waals surface area (Å²) in [6.45, 7) is 2.81. The van der Waals surface area contributed by atoms with Crippen molar-refractivity contribution < 1.29 is 13.3 Å². The number of piperidine rings is 1. The lowest BCUT2D eigenvalue weighted by molar-refractivity contribution is -0.384. The Hall–Kier alpha value is -2.65. The van der Waals surface area contributed by atoms with Gasteiger partial charge in [-0.25, -0.2) is 8.42 Å². The number of hydrogen-bond acceptors (Lipinski definition) is 6. The maximum Gasteiger partial charge on any atom is 0.269 e. The largest absolute Gasteiger partial charge is 0.371 e. The second-order valence-electron chi connectivity index (χ2n) is 7.79. The minimum Gasteiger partial charge on any atom is -0.371 e. The van der Waals surface area contributed by atoms with E-state index in [1.165, 1.54) is 0 Å². The van der Waals surface area contributed by atoms with E-state index in [9.17, 15) is 18.5 Å². The number of hydrogen-bond donors (Lipinski definition) is 1. The third kappa shape index (κ3) is 6.17. The van der Waals surface area contributed by atoms with E-state index in [2.05, 4.69) is 21.6 Å². The first-order valence-electron chi connectivity index (χ1n) is 9.97. The van der Waals surface area contributed by atoms with Crippen molar-refractivity contribution in [2.24, 2.45) is 0 Å². The van der Waals surface area contributed by atoms with Crippen molar-refractivity contribution in [3.05, 3.63) is 64.2 Å². The molecule has 1 N–H and O–H groups in total. The van der Waals surface area contributed by atoms with Gasteiger partial charge in [-0.05, 0) is 56.1 Å². The number of rotatable bonds is 8. The van der Waals surface area contributed by atoms with Crippen molar-refractivity contribution in [3.63, 3.8) is 0 Å². The second-order valence-corrected chi connectivity index (χ2v) is 9.54. The third-order valence-electron chi connectivity index (χ3n) is 5.52. The highest BCUT2D eigenvalue weighted by atomic mass is 32.2. The average Bonchev–Trinajstić information content (AvgIpc) is 2.72. The molecule has 9 heteroatoms. The van der Waals surface area contributed by atoms with Gasteiger partial charge in [0.1, 0.15) is 0 Å². The van der Waals surface area contributed by atoms with Gasteiger partial charge in [0.2, 0.25) is 10.0 Å². The van der Waals surface area contributed by atoms with E-state index < -0.39 is 10.0 Å². The summed E-state index contributed by atoms with van der Waals surface area (Å²) in [5, 5.41) is 10.8. The van der Waals surface area contributed by atoms with Crippen LogP contribution in [0.4, 0.5) is 17.1 Å². The molecule has 1 aliphatic rings. The zero-order chi connectivity index (χ0) is 21.7. The van der Waals surface area contributed by atoms with Gasteiger partial charge in [-0.15, -0.1) is 0 Å². The van der Waals surface area contributed by atoms with Crippen LogP contribution in [-0.4, -0.2) is 57.2 Å². The van der Waals surface area contributed by atoms with Crippen molar-refractivity contribution in [2.45, 2.75) is 25.3 Å². The van der Waals surface area contributed by atoms with E-state index in [-0.39, 0.29) is 10.6 Å². The highest BCUT2D eigenvalue weighted by Crippen LogP contribution is 2.24. The lowest BCUT2D eigenvalue weighted by Crippen LogP contribution is -2.44. The Balaban J connectivity index is 1.47. The molecule has 0 spiro atoms. The topological polar surface area (TPSA) is 95.8 Å². The molecule has 162 valence electrons. The molecule has 1 saturated heterocycles. The lowest BCUT2D eigenvalue weighted by Gasteiger charge is -2.38. The SMILES string of the molecule is CN(CCc1ccc([N+](=O)[O-])cc1)C1CCN(c2ccc(NS(C)(=O)=O)cc2)CC1. The first-order chi connectivity index (χ1) is 14.2. The molecule has 0 bridgehead atoms. The molecule has 1 fully saturated rings. The predicted octanol–water partition coefficient (Wildman–Crippen LogP) is 3.11. The fourth-order valence-electron chi connectivity index (χ4n) is 3.79. The van der Waals surface area contributed by atoms with Gasteiger partial charge in [-0.1, -0.05) is 12.1 Å². The summed E-state index contributed by atoms with van der Waals surface area (Å²) in [7, 11) is -1.13. The Labute approximate surface area is 177 Å². The van der Waals surface area contributed by atoms with E-state index >= 15 is 0 Å². The van der Waals surface area contributed by atoms with Crippen LogP contribution in [0.15, 0.2) is 48.5 Å². The average molecular weight is 433 g/mol. The number of nitrogens with zero attached hydrogens (tertiary/aromatic N) is 3. The molecule has 1 aliphatic heterocycles. The standard InChI is InChI=1S/C21H28N4O4S/c1-23(14-11-17-3-7-21(8-4-17)25(26)27)19-12-15-24(16-13-19)20-9-5-18(6-10-20)22-30(2,28)29/h3-10,19,22H,11-16H2,1-2H3. The third-order valence-corrected chi connectivity index (χ3v) is 6.13. The van der Waals surface area contributed by atoms with Gasteiger partial charge >= 0.3 is 0 Å². The molecule has 3 rings (SSSR count). The fourth-order valence-corrected chi connectivity index (χ4v) is 4.36. The Morgan fingerprint density at radius 3 is 2.23 bits per heavy atom. The van der Waals surface area contributed by atoms with Crippen LogP contribution in [0, 0.1) is 10.1 Å². The normalized spacial score (nSPS) is 15.4. The molecule has 0 radical (unpaired) electrons. The van der Waals surface area contributed by atoms with Gasteiger partial charge in [-0.2, -0.15) is 0 Å². The van der Waals surface area contributed by atoms with E-state index in [1.54, 1.807) is 24.3 Å². The Kier molecular flexibility index (Phi) is 6.94. The van der Waals surface area contributed by atoms with Gasteiger partial charge in [0.25, 0.3) is 5.69 Å². The maximum atomic E-state index is 11.3. The fraction of sp³-hybridized carbons (Fsp3) is 0.429. The summed E-state index contributed by atoms with van der Waals surface area (Å²) in [5.74, 6) is 0. The molecule has 1 heterocycles. The summed E-state index contributed by atoms with van der Waals surface area (Å²) in [6.07, 6.45) is 4.12. The summed E-state index contributed by atoms with van der Waals surface area (Å²) in [4.78, 5) is 15.1. The first kappa shape index (κ1) is 22.0. The van der Waals surface area contributed by atoms with Gasteiger partial charge in [0, 0.05) is 49.2 Å². The first-order valence-corrected chi connectivity index (χ1v) is 11.9. The predicted molar refractivity (Wildman–Crippen MR) is 120 cm³/mol. The maximum absolute atomic E-state index is 11.3. The number of nitro benzene ring substituents is 1. The molecular formula is C21H28N4O4S. The van der Waals surface area contributed by atoms with Gasteiger partial charge < -0.3 is 9.80 Å². The zero-order valence-corrected chi connectivity index (χ0v) is 18.1. The summed E-state index contributed by atoms with van der Waals surface area (Å²) < 4.78 is 25.1. The Morgan fingerprint density at radius 2 is 1.70 bits per heavy atom. The van der Waals surface area contributed by atoms with E-state index in [0.29, 0.717) is 11.7 Å². The number of nitro groups is 1. The number of anilines is 2. The van der Waals surface area contributed by atoms with Crippen molar-refractivity contribution in [3.8, 4) is 0 Å². The molecule has 0 atom stereocenters. The Bertz CT molecular complexity index is 954.